The van der Waals surface area contributed by atoms with Crippen LogP contribution in [-0.4, -0.2) is 60.1 Å². The summed E-state index contributed by atoms with van der Waals surface area (Å²) in [5.41, 5.74) is 2.45. The fourth-order valence-electron chi connectivity index (χ4n) is 4.34. The lowest BCUT2D eigenvalue weighted by Crippen LogP contribution is -2.56. The molecule has 0 aliphatic carbocycles. The van der Waals surface area contributed by atoms with E-state index in [1.807, 2.05) is 0 Å². The molecule has 1 N–H and O–H groups in total. The monoisotopic (exact) mass is 344 g/mol. The topological polar surface area (TPSA) is 31.4 Å². The van der Waals surface area contributed by atoms with Crippen molar-refractivity contribution in [3.8, 4) is 0 Å². The minimum atomic E-state index is 0.701. The summed E-state index contributed by atoms with van der Waals surface area (Å²) < 4.78 is 0. The van der Waals surface area contributed by atoms with Crippen LogP contribution in [-0.2, 0) is 6.54 Å². The standard InChI is InChI=1S/C21H36N4/c1-4-17(2)21-16-24(14-20-6-5-18(3)23-13-20)11-12-25(21)15-19-7-9-22-10-8-19/h5-6,13,17,19,21-22H,4,7-12,14-16H2,1-3H3. The summed E-state index contributed by atoms with van der Waals surface area (Å²) in [5, 5.41) is 3.50. The number of hydrogen-bond donors (Lipinski definition) is 1. The van der Waals surface area contributed by atoms with Gasteiger partial charge in [0.05, 0.1) is 0 Å². The minimum absolute atomic E-state index is 0.701. The van der Waals surface area contributed by atoms with Crippen LogP contribution in [0.1, 0.15) is 44.4 Å². The first-order valence-electron chi connectivity index (χ1n) is 10.2. The third-order valence-electron chi connectivity index (χ3n) is 6.25. The maximum Gasteiger partial charge on any atom is 0.0372 e. The summed E-state index contributed by atoms with van der Waals surface area (Å²) in [4.78, 5) is 9.92. The molecule has 2 saturated heterocycles. The van der Waals surface area contributed by atoms with Crippen molar-refractivity contribution in [3.05, 3.63) is 29.6 Å². The number of piperazine rings is 1. The summed E-state index contributed by atoms with van der Waals surface area (Å²) in [7, 11) is 0. The molecule has 0 radical (unpaired) electrons. The van der Waals surface area contributed by atoms with Gasteiger partial charge in [-0.1, -0.05) is 26.3 Å². The van der Waals surface area contributed by atoms with Crippen LogP contribution in [0.3, 0.4) is 0 Å². The fraction of sp³-hybridized carbons (Fsp3) is 0.762. The number of rotatable bonds is 6. The average molecular weight is 345 g/mol. The first-order valence-corrected chi connectivity index (χ1v) is 10.2. The van der Waals surface area contributed by atoms with Crippen LogP contribution in [0, 0.1) is 18.8 Å². The first kappa shape index (κ1) is 18.8. The van der Waals surface area contributed by atoms with Crippen LogP contribution in [0.2, 0.25) is 0 Å². The predicted octanol–water partition coefficient (Wildman–Crippen LogP) is 2.92. The molecule has 4 nitrogen and oxygen atoms in total. The summed E-state index contributed by atoms with van der Waals surface area (Å²) in [6, 6.07) is 5.07. The Bertz CT molecular complexity index is 509. The molecule has 2 unspecified atom stereocenters. The lowest BCUT2D eigenvalue weighted by molar-refractivity contribution is 0.0270. The smallest absolute Gasteiger partial charge is 0.0372 e. The molecule has 1 aromatic heterocycles. The molecule has 3 heterocycles. The van der Waals surface area contributed by atoms with Crippen LogP contribution in [0.25, 0.3) is 0 Å². The van der Waals surface area contributed by atoms with Gasteiger partial charge in [0.15, 0.2) is 0 Å². The summed E-state index contributed by atoms with van der Waals surface area (Å²) in [6.07, 6.45) is 6.02. The average Bonchev–Trinajstić information content (AvgIpc) is 2.65. The highest BCUT2D eigenvalue weighted by Gasteiger charge is 2.31. The number of pyridine rings is 1. The Morgan fingerprint density at radius 3 is 2.72 bits per heavy atom. The van der Waals surface area contributed by atoms with E-state index in [1.54, 1.807) is 0 Å². The molecule has 25 heavy (non-hydrogen) atoms. The van der Waals surface area contributed by atoms with Crippen LogP contribution in [0.5, 0.6) is 0 Å². The zero-order chi connectivity index (χ0) is 17.6. The molecule has 0 saturated carbocycles. The van der Waals surface area contributed by atoms with Crippen LogP contribution < -0.4 is 5.32 Å². The third-order valence-corrected chi connectivity index (χ3v) is 6.25. The Balaban J connectivity index is 1.59. The molecule has 140 valence electrons. The number of nitrogens with zero attached hydrogens (tertiary/aromatic N) is 3. The molecular formula is C21H36N4. The van der Waals surface area contributed by atoms with E-state index in [0.717, 1.165) is 24.1 Å². The molecule has 0 amide bonds. The number of aryl methyl sites for hydroxylation is 1. The number of piperidine rings is 1. The van der Waals surface area contributed by atoms with E-state index in [4.69, 9.17) is 0 Å². The maximum atomic E-state index is 4.46. The first-order chi connectivity index (χ1) is 12.2. The quantitative estimate of drug-likeness (QED) is 0.860. The van der Waals surface area contributed by atoms with Crippen molar-refractivity contribution in [2.75, 3.05) is 39.3 Å². The zero-order valence-electron chi connectivity index (χ0n) is 16.4. The van der Waals surface area contributed by atoms with Gasteiger partial charge < -0.3 is 5.32 Å². The molecule has 1 aromatic rings. The Kier molecular flexibility index (Phi) is 6.85. The summed E-state index contributed by atoms with van der Waals surface area (Å²) >= 11 is 0. The van der Waals surface area contributed by atoms with Crippen LogP contribution in [0.4, 0.5) is 0 Å². The van der Waals surface area contributed by atoms with Crippen molar-refractivity contribution in [1.29, 1.82) is 0 Å². The molecular weight excluding hydrogens is 308 g/mol. The van der Waals surface area contributed by atoms with E-state index in [-0.39, 0.29) is 0 Å². The van der Waals surface area contributed by atoms with Gasteiger partial charge in [-0.2, -0.15) is 0 Å². The van der Waals surface area contributed by atoms with Crippen molar-refractivity contribution in [2.24, 2.45) is 11.8 Å². The molecule has 2 aliphatic heterocycles. The predicted molar refractivity (Wildman–Crippen MR) is 105 cm³/mol. The van der Waals surface area contributed by atoms with E-state index < -0.39 is 0 Å². The Hall–Kier alpha value is -0.970. The molecule has 2 atom stereocenters. The van der Waals surface area contributed by atoms with E-state index in [1.165, 1.54) is 64.1 Å². The third kappa shape index (κ3) is 5.25. The number of nitrogens with one attached hydrogen (secondary N) is 1. The Labute approximate surface area is 154 Å². The van der Waals surface area contributed by atoms with E-state index >= 15 is 0 Å². The Morgan fingerprint density at radius 2 is 2.04 bits per heavy atom. The van der Waals surface area contributed by atoms with Crippen molar-refractivity contribution in [2.45, 2.75) is 52.6 Å². The fourth-order valence-corrected chi connectivity index (χ4v) is 4.34. The van der Waals surface area contributed by atoms with E-state index in [2.05, 4.69) is 59.2 Å². The molecule has 0 aromatic carbocycles. The van der Waals surface area contributed by atoms with Gasteiger partial charge in [-0.15, -0.1) is 0 Å². The molecule has 4 heteroatoms. The van der Waals surface area contributed by atoms with Crippen LogP contribution in [0.15, 0.2) is 18.3 Å². The van der Waals surface area contributed by atoms with Crippen molar-refractivity contribution in [3.63, 3.8) is 0 Å². The Morgan fingerprint density at radius 1 is 1.24 bits per heavy atom. The van der Waals surface area contributed by atoms with Gasteiger partial charge in [0.2, 0.25) is 0 Å². The minimum Gasteiger partial charge on any atom is -0.317 e. The molecule has 0 spiro atoms. The van der Waals surface area contributed by atoms with Crippen molar-refractivity contribution >= 4 is 0 Å². The van der Waals surface area contributed by atoms with E-state index in [9.17, 15) is 0 Å². The highest BCUT2D eigenvalue weighted by Crippen LogP contribution is 2.24. The highest BCUT2D eigenvalue weighted by atomic mass is 15.3. The second kappa shape index (κ2) is 9.11. The van der Waals surface area contributed by atoms with Gasteiger partial charge in [0, 0.05) is 50.7 Å². The SMILES string of the molecule is CCC(C)C1CN(Cc2ccc(C)nc2)CCN1CC1CCNCC1. The number of hydrogen-bond acceptors (Lipinski definition) is 4. The van der Waals surface area contributed by atoms with Gasteiger partial charge in [0.1, 0.15) is 0 Å². The highest BCUT2D eigenvalue weighted by molar-refractivity contribution is 5.13. The van der Waals surface area contributed by atoms with Crippen molar-refractivity contribution in [1.82, 2.24) is 20.1 Å². The van der Waals surface area contributed by atoms with Gasteiger partial charge in [-0.3, -0.25) is 14.8 Å². The normalized spacial score (nSPS) is 25.2. The second-order valence-electron chi connectivity index (χ2n) is 8.18. The van der Waals surface area contributed by atoms with Crippen molar-refractivity contribution < 1.29 is 0 Å². The molecule has 3 rings (SSSR count). The lowest BCUT2D eigenvalue weighted by atomic mass is 9.91. The van der Waals surface area contributed by atoms with E-state index in [0.29, 0.717) is 6.04 Å². The lowest BCUT2D eigenvalue weighted by Gasteiger charge is -2.45. The second-order valence-corrected chi connectivity index (χ2v) is 8.18. The number of aromatic nitrogens is 1. The van der Waals surface area contributed by atoms with Gasteiger partial charge in [-0.25, -0.2) is 0 Å². The van der Waals surface area contributed by atoms with Gasteiger partial charge in [0.25, 0.3) is 0 Å². The maximum absolute atomic E-state index is 4.46. The molecule has 0 bridgehead atoms. The zero-order valence-corrected chi connectivity index (χ0v) is 16.4. The summed E-state index contributed by atoms with van der Waals surface area (Å²) in [5.74, 6) is 1.65. The largest absolute Gasteiger partial charge is 0.317 e. The van der Waals surface area contributed by atoms with Gasteiger partial charge in [-0.05, 0) is 56.3 Å². The van der Waals surface area contributed by atoms with Crippen LogP contribution >= 0.6 is 0 Å². The molecule has 2 aliphatic rings. The van der Waals surface area contributed by atoms with Gasteiger partial charge >= 0.3 is 0 Å². The molecule has 2 fully saturated rings. The summed E-state index contributed by atoms with van der Waals surface area (Å²) in [6.45, 7) is 15.2.